The summed E-state index contributed by atoms with van der Waals surface area (Å²) >= 11 is 0. The fourth-order valence-corrected chi connectivity index (χ4v) is 8.01. The highest BCUT2D eigenvalue weighted by Crippen LogP contribution is 2.41. The van der Waals surface area contributed by atoms with E-state index in [1.54, 1.807) is 24.3 Å². The SMILES string of the molecule is [C-]#[N+]c1ccc(-c2nc(-c3ccc(C#N)cc3)nc(-c3cccc(-c4cccc(-c5cccc(-c6ccc(-c7ccc8c(ccc9ccccc98)c7)cc6)c5)c4[N+]#[C-])c3)n2)cc1. The molecule has 0 atom stereocenters. The van der Waals surface area contributed by atoms with Crippen LogP contribution in [0.15, 0.2) is 194 Å². The van der Waals surface area contributed by atoms with Gasteiger partial charge in [-0.15, -0.1) is 0 Å². The van der Waals surface area contributed by atoms with Gasteiger partial charge in [-0.25, -0.2) is 24.6 Å². The molecular weight excluding hydrogens is 757 g/mol. The van der Waals surface area contributed by atoms with Crippen LogP contribution < -0.4 is 0 Å². The van der Waals surface area contributed by atoms with Crippen molar-refractivity contribution in [2.24, 2.45) is 0 Å². The molecule has 286 valence electrons. The Balaban J connectivity index is 0.976. The number of hydrogen-bond donors (Lipinski definition) is 0. The minimum atomic E-state index is 0.454. The highest BCUT2D eigenvalue weighted by atomic mass is 15.0. The lowest BCUT2D eigenvalue weighted by atomic mass is 9.93. The molecule has 1 heterocycles. The van der Waals surface area contributed by atoms with Crippen molar-refractivity contribution in [2.45, 2.75) is 0 Å². The van der Waals surface area contributed by atoms with Crippen molar-refractivity contribution in [3.05, 3.63) is 223 Å². The van der Waals surface area contributed by atoms with E-state index in [1.807, 2.05) is 72.8 Å². The predicted molar refractivity (Wildman–Crippen MR) is 250 cm³/mol. The van der Waals surface area contributed by atoms with Crippen LogP contribution in [-0.2, 0) is 0 Å². The summed E-state index contributed by atoms with van der Waals surface area (Å²) in [7, 11) is 0. The first-order chi connectivity index (χ1) is 30.5. The van der Waals surface area contributed by atoms with E-state index < -0.39 is 0 Å². The van der Waals surface area contributed by atoms with E-state index >= 15 is 0 Å². The van der Waals surface area contributed by atoms with Crippen molar-refractivity contribution >= 4 is 32.9 Å². The van der Waals surface area contributed by atoms with E-state index in [9.17, 15) is 5.26 Å². The quantitative estimate of drug-likeness (QED) is 0.119. The van der Waals surface area contributed by atoms with Crippen LogP contribution in [0.3, 0.4) is 0 Å². The van der Waals surface area contributed by atoms with Crippen LogP contribution in [-0.4, -0.2) is 15.0 Å². The normalized spacial score (nSPS) is 10.9. The molecule has 9 aromatic carbocycles. The van der Waals surface area contributed by atoms with Crippen molar-refractivity contribution in [1.82, 2.24) is 15.0 Å². The Bertz CT molecular complexity index is 3400. The standard InChI is InChI=1S/C56H32N6/c1-58-48-29-26-41(27-30-48)55-60-54(40-18-16-36(35-57)17-19-40)61-56(62-55)47-12-6-11-45(34-47)52-15-7-14-51(53(52)59-2)44-10-5-9-42(32-44)37-20-22-38(23-21-37)43-28-31-50-46(33-43)25-24-39-8-3-4-13-49(39)50/h3-34H. The molecular formula is C56H32N6. The second kappa shape index (κ2) is 16.0. The third-order valence-electron chi connectivity index (χ3n) is 11.2. The number of nitrogens with zero attached hydrogens (tertiary/aromatic N) is 6. The average Bonchev–Trinajstić information content (AvgIpc) is 3.36. The Morgan fingerprint density at radius 2 is 0.855 bits per heavy atom. The second-order valence-corrected chi connectivity index (χ2v) is 14.9. The Morgan fingerprint density at radius 3 is 1.48 bits per heavy atom. The van der Waals surface area contributed by atoms with Gasteiger partial charge in [0.25, 0.3) is 0 Å². The molecule has 0 aliphatic carbocycles. The second-order valence-electron chi connectivity index (χ2n) is 14.9. The maximum atomic E-state index is 9.38. The first-order valence-electron chi connectivity index (χ1n) is 20.0. The number of fused-ring (bicyclic) bond motifs is 3. The van der Waals surface area contributed by atoms with E-state index in [2.05, 4.69) is 113 Å². The molecule has 0 radical (unpaired) electrons. The summed E-state index contributed by atoms with van der Waals surface area (Å²) in [5.74, 6) is 1.37. The number of aromatic nitrogens is 3. The van der Waals surface area contributed by atoms with Gasteiger partial charge in [-0.2, -0.15) is 5.26 Å². The summed E-state index contributed by atoms with van der Waals surface area (Å²) in [5.41, 5.74) is 11.8. The molecule has 0 saturated carbocycles. The highest BCUT2D eigenvalue weighted by molar-refractivity contribution is 6.08. The first-order valence-corrected chi connectivity index (χ1v) is 20.0. The topological polar surface area (TPSA) is 71.2 Å². The largest absolute Gasteiger partial charge is 0.238 e. The van der Waals surface area contributed by atoms with Crippen LogP contribution in [0.1, 0.15) is 5.56 Å². The fraction of sp³-hybridized carbons (Fsp3) is 0. The van der Waals surface area contributed by atoms with Crippen LogP contribution in [0.2, 0.25) is 0 Å². The minimum Gasteiger partial charge on any atom is -0.238 e. The summed E-state index contributed by atoms with van der Waals surface area (Å²) in [4.78, 5) is 22.2. The third-order valence-corrected chi connectivity index (χ3v) is 11.2. The van der Waals surface area contributed by atoms with Gasteiger partial charge in [-0.05, 0) is 109 Å². The number of para-hydroxylation sites is 1. The molecule has 0 aliphatic rings. The number of benzene rings is 9. The van der Waals surface area contributed by atoms with E-state index in [-0.39, 0.29) is 0 Å². The van der Waals surface area contributed by atoms with Crippen LogP contribution >= 0.6 is 0 Å². The lowest BCUT2D eigenvalue weighted by molar-refractivity contribution is 1.07. The number of nitriles is 1. The fourth-order valence-electron chi connectivity index (χ4n) is 8.01. The van der Waals surface area contributed by atoms with Gasteiger partial charge in [0.2, 0.25) is 5.69 Å². The van der Waals surface area contributed by atoms with Crippen molar-refractivity contribution < 1.29 is 0 Å². The molecule has 6 heteroatoms. The third kappa shape index (κ3) is 7.09. The lowest BCUT2D eigenvalue weighted by Gasteiger charge is -2.13. The zero-order chi connectivity index (χ0) is 42.0. The Hall–Kier alpha value is -9.02. The van der Waals surface area contributed by atoms with Crippen LogP contribution in [0.5, 0.6) is 0 Å². The lowest BCUT2D eigenvalue weighted by Crippen LogP contribution is -2.00. The predicted octanol–water partition coefficient (Wildman–Crippen LogP) is 14.8. The highest BCUT2D eigenvalue weighted by Gasteiger charge is 2.17. The molecule has 6 nitrogen and oxygen atoms in total. The van der Waals surface area contributed by atoms with Crippen LogP contribution in [0, 0.1) is 24.5 Å². The Labute approximate surface area is 359 Å². The molecule has 10 aromatic rings. The molecule has 1 aromatic heterocycles. The van der Waals surface area contributed by atoms with Gasteiger partial charge in [0.1, 0.15) is 0 Å². The number of hydrogen-bond acceptors (Lipinski definition) is 4. The van der Waals surface area contributed by atoms with Crippen molar-refractivity contribution in [3.63, 3.8) is 0 Å². The molecule has 62 heavy (non-hydrogen) atoms. The smallest absolute Gasteiger partial charge is 0.202 e. The summed E-state index contributed by atoms with van der Waals surface area (Å²) in [6.07, 6.45) is 0. The van der Waals surface area contributed by atoms with Gasteiger partial charge in [0.15, 0.2) is 23.2 Å². The minimum absolute atomic E-state index is 0.454. The molecule has 0 unspecified atom stereocenters. The van der Waals surface area contributed by atoms with Gasteiger partial charge in [-0.1, -0.05) is 152 Å². The van der Waals surface area contributed by atoms with Crippen LogP contribution in [0.25, 0.3) is 110 Å². The molecule has 0 bridgehead atoms. The zero-order valence-electron chi connectivity index (χ0n) is 33.2. The molecule has 10 rings (SSSR count). The Kier molecular flexibility index (Phi) is 9.60. The van der Waals surface area contributed by atoms with E-state index in [0.29, 0.717) is 34.4 Å². The maximum absolute atomic E-state index is 9.38. The molecule has 0 fully saturated rings. The van der Waals surface area contributed by atoms with E-state index in [4.69, 9.17) is 28.1 Å². The maximum Gasteiger partial charge on any atom is 0.202 e. The Morgan fingerprint density at radius 1 is 0.371 bits per heavy atom. The molecule has 0 saturated heterocycles. The monoisotopic (exact) mass is 788 g/mol. The summed E-state index contributed by atoms with van der Waals surface area (Å²) < 4.78 is 0. The van der Waals surface area contributed by atoms with Gasteiger partial charge >= 0.3 is 0 Å². The van der Waals surface area contributed by atoms with Crippen LogP contribution in [0.4, 0.5) is 11.4 Å². The number of rotatable bonds is 7. The summed E-state index contributed by atoms with van der Waals surface area (Å²) in [5, 5.41) is 14.4. The average molecular weight is 789 g/mol. The summed E-state index contributed by atoms with van der Waals surface area (Å²) in [6.45, 7) is 15.8. The van der Waals surface area contributed by atoms with Crippen molar-refractivity contribution in [3.8, 4) is 84.7 Å². The van der Waals surface area contributed by atoms with Crippen molar-refractivity contribution in [2.75, 3.05) is 0 Å². The molecule has 0 amide bonds. The molecule has 0 N–H and O–H groups in total. The molecule has 0 spiro atoms. The van der Waals surface area contributed by atoms with E-state index in [1.165, 1.54) is 27.1 Å². The van der Waals surface area contributed by atoms with Gasteiger partial charge in [0.05, 0.1) is 24.8 Å². The van der Waals surface area contributed by atoms with Gasteiger partial charge in [-0.3, -0.25) is 0 Å². The van der Waals surface area contributed by atoms with Gasteiger partial charge < -0.3 is 0 Å². The zero-order valence-corrected chi connectivity index (χ0v) is 33.2. The van der Waals surface area contributed by atoms with Gasteiger partial charge in [0, 0.05) is 16.7 Å². The molecule has 0 aliphatic heterocycles. The summed E-state index contributed by atoms with van der Waals surface area (Å²) in [6, 6.07) is 67.0. The van der Waals surface area contributed by atoms with Crippen molar-refractivity contribution in [1.29, 1.82) is 5.26 Å². The van der Waals surface area contributed by atoms with E-state index in [0.717, 1.165) is 55.6 Å². The first kappa shape index (κ1) is 37.3.